The molecular formula is C21H25N3. The fourth-order valence-corrected chi connectivity index (χ4v) is 3.40. The maximum atomic E-state index is 9.01. The Hall–Kier alpha value is -2.15. The predicted molar refractivity (Wildman–Crippen MR) is 97.6 cm³/mol. The van der Waals surface area contributed by atoms with Crippen molar-refractivity contribution in [2.45, 2.75) is 32.4 Å². The van der Waals surface area contributed by atoms with Crippen LogP contribution in [0.15, 0.2) is 48.5 Å². The lowest BCUT2D eigenvalue weighted by Gasteiger charge is -2.28. The van der Waals surface area contributed by atoms with Gasteiger partial charge in [-0.25, -0.2) is 0 Å². The molecule has 3 heteroatoms. The second-order valence-corrected chi connectivity index (χ2v) is 6.61. The number of rotatable bonds is 6. The molecule has 1 heterocycles. The van der Waals surface area contributed by atoms with Gasteiger partial charge in [-0.3, -0.25) is 4.90 Å². The summed E-state index contributed by atoms with van der Waals surface area (Å²) in [6, 6.07) is 19.4. The zero-order chi connectivity index (χ0) is 16.8. The molecule has 0 aliphatic carbocycles. The number of benzene rings is 2. The van der Waals surface area contributed by atoms with Gasteiger partial charge >= 0.3 is 0 Å². The molecule has 24 heavy (non-hydrogen) atoms. The molecule has 0 amide bonds. The summed E-state index contributed by atoms with van der Waals surface area (Å²) in [6.45, 7) is 6.23. The molecule has 3 nitrogen and oxygen atoms in total. The van der Waals surface area contributed by atoms with E-state index in [1.807, 2.05) is 18.2 Å². The molecule has 3 rings (SSSR count). The Labute approximate surface area is 144 Å². The van der Waals surface area contributed by atoms with Crippen molar-refractivity contribution in [3.8, 4) is 6.07 Å². The van der Waals surface area contributed by atoms with Crippen molar-refractivity contribution in [3.05, 3.63) is 70.8 Å². The van der Waals surface area contributed by atoms with Crippen molar-refractivity contribution in [1.82, 2.24) is 10.2 Å². The minimum absolute atomic E-state index is 0.423. The van der Waals surface area contributed by atoms with Crippen molar-refractivity contribution in [2.75, 3.05) is 19.6 Å². The highest BCUT2D eigenvalue weighted by atomic mass is 15.2. The maximum absolute atomic E-state index is 9.01. The van der Waals surface area contributed by atoms with Crippen molar-refractivity contribution >= 4 is 0 Å². The van der Waals surface area contributed by atoms with Crippen LogP contribution in [0.3, 0.4) is 0 Å². The minimum Gasteiger partial charge on any atom is -0.311 e. The van der Waals surface area contributed by atoms with Crippen LogP contribution in [-0.2, 0) is 6.54 Å². The molecule has 1 fully saturated rings. The highest BCUT2D eigenvalue weighted by Crippen LogP contribution is 2.25. The number of likely N-dealkylation sites (tertiary alicyclic amines) is 1. The fourth-order valence-electron chi connectivity index (χ4n) is 3.40. The summed E-state index contributed by atoms with van der Waals surface area (Å²) in [5.41, 5.74) is 4.59. The third-order valence-corrected chi connectivity index (χ3v) is 4.77. The van der Waals surface area contributed by atoms with Gasteiger partial charge in [-0.1, -0.05) is 42.0 Å². The molecule has 1 aliphatic heterocycles. The Morgan fingerprint density at radius 1 is 1.12 bits per heavy atom. The summed E-state index contributed by atoms with van der Waals surface area (Å²) in [6.07, 6.45) is 2.60. The maximum Gasteiger partial charge on any atom is 0.0991 e. The third-order valence-electron chi connectivity index (χ3n) is 4.77. The van der Waals surface area contributed by atoms with Crippen LogP contribution in [-0.4, -0.2) is 24.5 Å². The molecule has 0 aromatic heterocycles. The molecule has 124 valence electrons. The Morgan fingerprint density at radius 2 is 1.88 bits per heavy atom. The van der Waals surface area contributed by atoms with Crippen LogP contribution in [0.4, 0.5) is 0 Å². The van der Waals surface area contributed by atoms with E-state index in [-0.39, 0.29) is 0 Å². The van der Waals surface area contributed by atoms with E-state index in [0.29, 0.717) is 6.04 Å². The number of nitrogens with one attached hydrogen (secondary N) is 1. The molecule has 0 saturated carbocycles. The SMILES string of the molecule is Cc1ccc(C(CNCc2cccc(C#N)c2)N2CCCC2)cc1. The highest BCUT2D eigenvalue weighted by molar-refractivity contribution is 5.32. The van der Waals surface area contributed by atoms with Gasteiger partial charge in [-0.05, 0) is 56.1 Å². The number of aryl methyl sites for hydroxylation is 1. The zero-order valence-corrected chi connectivity index (χ0v) is 14.3. The molecule has 0 bridgehead atoms. The van der Waals surface area contributed by atoms with Gasteiger partial charge in [0, 0.05) is 19.1 Å². The summed E-state index contributed by atoms with van der Waals surface area (Å²) in [7, 11) is 0. The molecule has 2 aromatic carbocycles. The summed E-state index contributed by atoms with van der Waals surface area (Å²) in [4.78, 5) is 2.59. The molecule has 1 aliphatic rings. The quantitative estimate of drug-likeness (QED) is 0.880. The molecule has 1 atom stereocenters. The number of hydrogen-bond acceptors (Lipinski definition) is 3. The molecule has 1 unspecified atom stereocenters. The average molecular weight is 319 g/mol. The lowest BCUT2D eigenvalue weighted by atomic mass is 10.0. The highest BCUT2D eigenvalue weighted by Gasteiger charge is 2.22. The van der Waals surface area contributed by atoms with E-state index in [2.05, 4.69) is 53.5 Å². The molecule has 2 aromatic rings. The normalized spacial score (nSPS) is 16.0. The molecule has 1 saturated heterocycles. The van der Waals surface area contributed by atoms with Crippen LogP contribution in [0.2, 0.25) is 0 Å². The zero-order valence-electron chi connectivity index (χ0n) is 14.3. The smallest absolute Gasteiger partial charge is 0.0991 e. The van der Waals surface area contributed by atoms with Crippen LogP contribution < -0.4 is 5.32 Å². The molecular weight excluding hydrogens is 294 g/mol. The second kappa shape index (κ2) is 8.10. The van der Waals surface area contributed by atoms with Crippen molar-refractivity contribution < 1.29 is 0 Å². The van der Waals surface area contributed by atoms with Crippen LogP contribution in [0.25, 0.3) is 0 Å². The second-order valence-electron chi connectivity index (χ2n) is 6.61. The van der Waals surface area contributed by atoms with E-state index < -0.39 is 0 Å². The molecule has 0 radical (unpaired) electrons. The summed E-state index contributed by atoms with van der Waals surface area (Å²) in [5.74, 6) is 0. The Morgan fingerprint density at radius 3 is 2.58 bits per heavy atom. The van der Waals surface area contributed by atoms with Crippen LogP contribution in [0.1, 0.15) is 41.1 Å². The van der Waals surface area contributed by atoms with Crippen molar-refractivity contribution in [3.63, 3.8) is 0 Å². The lowest BCUT2D eigenvalue weighted by molar-refractivity contribution is 0.238. The lowest BCUT2D eigenvalue weighted by Crippen LogP contribution is -2.34. The van der Waals surface area contributed by atoms with E-state index >= 15 is 0 Å². The Balaban J connectivity index is 1.65. The van der Waals surface area contributed by atoms with Crippen molar-refractivity contribution in [2.24, 2.45) is 0 Å². The number of nitrogens with zero attached hydrogens (tertiary/aromatic N) is 2. The molecule has 0 spiro atoms. The first-order valence-corrected chi connectivity index (χ1v) is 8.76. The Kier molecular flexibility index (Phi) is 5.63. The summed E-state index contributed by atoms with van der Waals surface area (Å²) < 4.78 is 0. The van der Waals surface area contributed by atoms with E-state index in [1.54, 1.807) is 0 Å². The van der Waals surface area contributed by atoms with E-state index in [9.17, 15) is 0 Å². The predicted octanol–water partition coefficient (Wildman–Crippen LogP) is 3.79. The van der Waals surface area contributed by atoms with E-state index in [1.165, 1.54) is 37.1 Å². The first-order valence-electron chi connectivity index (χ1n) is 8.76. The third kappa shape index (κ3) is 4.23. The van der Waals surface area contributed by atoms with E-state index in [4.69, 9.17) is 5.26 Å². The molecule has 1 N–H and O–H groups in total. The van der Waals surface area contributed by atoms with Gasteiger partial charge in [0.25, 0.3) is 0 Å². The number of nitriles is 1. The van der Waals surface area contributed by atoms with Gasteiger partial charge in [-0.15, -0.1) is 0 Å². The van der Waals surface area contributed by atoms with Gasteiger partial charge in [0.1, 0.15) is 0 Å². The first kappa shape index (κ1) is 16.7. The minimum atomic E-state index is 0.423. The van der Waals surface area contributed by atoms with Gasteiger partial charge in [0.15, 0.2) is 0 Å². The Bertz CT molecular complexity index is 694. The standard InChI is InChI=1S/C21H25N3/c1-17-7-9-20(10-8-17)21(24-11-2-3-12-24)16-23-15-19-6-4-5-18(13-19)14-22/h4-10,13,21,23H,2-3,11-12,15-16H2,1H3. The van der Waals surface area contributed by atoms with Crippen LogP contribution >= 0.6 is 0 Å². The topological polar surface area (TPSA) is 39.1 Å². The van der Waals surface area contributed by atoms with E-state index in [0.717, 1.165) is 24.2 Å². The first-order chi connectivity index (χ1) is 11.8. The van der Waals surface area contributed by atoms with Crippen LogP contribution in [0.5, 0.6) is 0 Å². The fraction of sp³-hybridized carbons (Fsp3) is 0.381. The monoisotopic (exact) mass is 319 g/mol. The largest absolute Gasteiger partial charge is 0.311 e. The summed E-state index contributed by atoms with van der Waals surface area (Å²) >= 11 is 0. The summed E-state index contributed by atoms with van der Waals surface area (Å²) in [5, 5.41) is 12.6. The van der Waals surface area contributed by atoms with Gasteiger partial charge in [0.05, 0.1) is 11.6 Å². The van der Waals surface area contributed by atoms with Crippen LogP contribution in [0, 0.1) is 18.3 Å². The van der Waals surface area contributed by atoms with Gasteiger partial charge in [-0.2, -0.15) is 5.26 Å². The van der Waals surface area contributed by atoms with Gasteiger partial charge < -0.3 is 5.32 Å². The van der Waals surface area contributed by atoms with Crippen molar-refractivity contribution in [1.29, 1.82) is 5.26 Å². The van der Waals surface area contributed by atoms with Gasteiger partial charge in [0.2, 0.25) is 0 Å². The average Bonchev–Trinajstić information content (AvgIpc) is 3.14. The number of hydrogen-bond donors (Lipinski definition) is 1.